The number of carbonyl (C=O) groups is 2. The molecule has 0 unspecified atom stereocenters. The summed E-state index contributed by atoms with van der Waals surface area (Å²) in [6.45, 7) is 4.09. The molecule has 4 rings (SSSR count). The van der Waals surface area contributed by atoms with Crippen LogP contribution in [0.1, 0.15) is 40.8 Å². The third kappa shape index (κ3) is 5.59. The second kappa shape index (κ2) is 10.4. The fourth-order valence-corrected chi connectivity index (χ4v) is 4.59. The Balaban J connectivity index is 1.43. The number of piperidine rings is 1. The van der Waals surface area contributed by atoms with Crippen LogP contribution in [0, 0.1) is 23.7 Å². The number of nitrogens with zero attached hydrogens (tertiary/aromatic N) is 3. The first-order chi connectivity index (χ1) is 16.5. The highest BCUT2D eigenvalue weighted by atomic mass is 16.2. The average Bonchev–Trinajstić information content (AvgIpc) is 3.26. The molecule has 1 fully saturated rings. The molecule has 2 N–H and O–H groups in total. The number of carbonyl (C=O) groups excluding carboxylic acids is 2. The predicted octanol–water partition coefficient (Wildman–Crippen LogP) is 2.91. The average molecular weight is 456 g/mol. The Bertz CT molecular complexity index is 1200. The van der Waals surface area contributed by atoms with Crippen molar-refractivity contribution in [2.24, 2.45) is 5.41 Å². The summed E-state index contributed by atoms with van der Waals surface area (Å²) in [4.78, 5) is 30.4. The largest absolute Gasteiger partial charge is 0.330 e. The number of nitriles is 1. The molecule has 1 aliphatic heterocycles. The summed E-state index contributed by atoms with van der Waals surface area (Å²) in [5, 5.41) is 15.0. The van der Waals surface area contributed by atoms with Crippen molar-refractivity contribution in [3.63, 3.8) is 0 Å². The molecule has 7 heteroatoms. The van der Waals surface area contributed by atoms with Crippen molar-refractivity contribution in [1.82, 2.24) is 20.2 Å². The SMILES string of the molecule is Cc1cccc(CC2(C(=O)NC(=O)Cc3cncn3Cc3ccc(C#N)cc3)CCNCC2)c1. The molecule has 0 aliphatic carbocycles. The summed E-state index contributed by atoms with van der Waals surface area (Å²) in [5.41, 5.74) is 4.01. The van der Waals surface area contributed by atoms with Gasteiger partial charge in [-0.25, -0.2) is 4.98 Å². The van der Waals surface area contributed by atoms with Crippen LogP contribution in [0.25, 0.3) is 0 Å². The number of hydrogen-bond acceptors (Lipinski definition) is 5. The van der Waals surface area contributed by atoms with Crippen LogP contribution >= 0.6 is 0 Å². The molecule has 0 bridgehead atoms. The highest BCUT2D eigenvalue weighted by Gasteiger charge is 2.40. The van der Waals surface area contributed by atoms with E-state index in [1.807, 2.05) is 41.8 Å². The van der Waals surface area contributed by atoms with Crippen molar-refractivity contribution >= 4 is 11.8 Å². The summed E-state index contributed by atoms with van der Waals surface area (Å²) in [5.74, 6) is -0.521. The summed E-state index contributed by atoms with van der Waals surface area (Å²) in [6, 6.07) is 17.6. The standard InChI is InChI=1S/C27H29N5O2/c1-20-3-2-4-23(13-20)15-27(9-11-29-12-10-27)26(34)31-25(33)14-24-17-30-19-32(24)18-22-7-5-21(16-28)6-8-22/h2-8,13,17,19,29H,9-12,14-15,18H2,1H3,(H,31,33,34). The number of amides is 2. The molecule has 1 aliphatic rings. The molecule has 174 valence electrons. The zero-order valence-corrected chi connectivity index (χ0v) is 19.4. The number of hydrogen-bond donors (Lipinski definition) is 2. The van der Waals surface area contributed by atoms with Gasteiger partial charge in [0.25, 0.3) is 0 Å². The highest BCUT2D eigenvalue weighted by Crippen LogP contribution is 2.33. The van der Waals surface area contributed by atoms with E-state index in [-0.39, 0.29) is 18.2 Å². The molecule has 7 nitrogen and oxygen atoms in total. The van der Waals surface area contributed by atoms with Crippen molar-refractivity contribution in [2.75, 3.05) is 13.1 Å². The second-order valence-electron chi connectivity index (χ2n) is 9.07. The maximum absolute atomic E-state index is 13.4. The molecule has 1 saturated heterocycles. The van der Waals surface area contributed by atoms with Gasteiger partial charge >= 0.3 is 0 Å². The van der Waals surface area contributed by atoms with Crippen molar-refractivity contribution in [3.05, 3.63) is 89.0 Å². The lowest BCUT2D eigenvalue weighted by molar-refractivity contribution is -0.138. The topological polar surface area (TPSA) is 99.8 Å². The van der Waals surface area contributed by atoms with Crippen LogP contribution in [-0.4, -0.2) is 34.5 Å². The number of imide groups is 1. The first kappa shape index (κ1) is 23.4. The second-order valence-corrected chi connectivity index (χ2v) is 9.07. The van der Waals surface area contributed by atoms with Crippen molar-refractivity contribution in [1.29, 1.82) is 5.26 Å². The summed E-state index contributed by atoms with van der Waals surface area (Å²) in [6.07, 6.45) is 5.40. The molecule has 0 spiro atoms. The highest BCUT2D eigenvalue weighted by molar-refractivity contribution is 5.98. The first-order valence-electron chi connectivity index (χ1n) is 11.6. The van der Waals surface area contributed by atoms with Gasteiger partial charge in [0.15, 0.2) is 0 Å². The van der Waals surface area contributed by atoms with Crippen LogP contribution in [0.5, 0.6) is 0 Å². The molecular formula is C27H29N5O2. The Hall–Kier alpha value is -3.76. The van der Waals surface area contributed by atoms with Gasteiger partial charge in [-0.15, -0.1) is 0 Å². The lowest BCUT2D eigenvalue weighted by Gasteiger charge is -2.36. The van der Waals surface area contributed by atoms with E-state index in [2.05, 4.69) is 27.8 Å². The molecule has 2 heterocycles. The monoisotopic (exact) mass is 455 g/mol. The Morgan fingerprint density at radius 2 is 1.91 bits per heavy atom. The number of aromatic nitrogens is 2. The third-order valence-electron chi connectivity index (χ3n) is 6.50. The molecule has 1 aromatic heterocycles. The molecular weight excluding hydrogens is 426 g/mol. The van der Waals surface area contributed by atoms with E-state index in [0.29, 0.717) is 31.4 Å². The van der Waals surface area contributed by atoms with Gasteiger partial charge in [0.2, 0.25) is 11.8 Å². The van der Waals surface area contributed by atoms with Gasteiger partial charge in [0.1, 0.15) is 0 Å². The van der Waals surface area contributed by atoms with E-state index in [1.165, 1.54) is 0 Å². The maximum atomic E-state index is 13.4. The van der Waals surface area contributed by atoms with Crippen LogP contribution in [0.4, 0.5) is 0 Å². The van der Waals surface area contributed by atoms with Gasteiger partial charge in [-0.1, -0.05) is 42.0 Å². The number of benzene rings is 2. The Morgan fingerprint density at radius 3 is 2.62 bits per heavy atom. The predicted molar refractivity (Wildman–Crippen MR) is 129 cm³/mol. The molecule has 34 heavy (non-hydrogen) atoms. The van der Waals surface area contributed by atoms with Gasteiger partial charge < -0.3 is 9.88 Å². The van der Waals surface area contributed by atoms with E-state index < -0.39 is 5.41 Å². The smallest absolute Gasteiger partial charge is 0.233 e. The number of aryl methyl sites for hydroxylation is 1. The Labute approximate surface area is 199 Å². The Morgan fingerprint density at radius 1 is 1.15 bits per heavy atom. The van der Waals surface area contributed by atoms with Crippen LogP contribution in [0.15, 0.2) is 61.1 Å². The lowest BCUT2D eigenvalue weighted by atomic mass is 9.73. The van der Waals surface area contributed by atoms with E-state index in [1.54, 1.807) is 24.7 Å². The Kier molecular flexibility index (Phi) is 7.19. The van der Waals surface area contributed by atoms with Crippen LogP contribution in [0.2, 0.25) is 0 Å². The molecule has 3 aromatic rings. The van der Waals surface area contributed by atoms with Crippen molar-refractivity contribution in [3.8, 4) is 6.07 Å². The fourth-order valence-electron chi connectivity index (χ4n) is 4.59. The first-order valence-corrected chi connectivity index (χ1v) is 11.6. The number of imidazole rings is 1. The van der Waals surface area contributed by atoms with E-state index >= 15 is 0 Å². The van der Waals surface area contributed by atoms with Crippen molar-refractivity contribution in [2.45, 2.75) is 39.2 Å². The third-order valence-corrected chi connectivity index (χ3v) is 6.50. The van der Waals surface area contributed by atoms with Gasteiger partial charge in [-0.2, -0.15) is 5.26 Å². The van der Waals surface area contributed by atoms with Gasteiger partial charge in [-0.05, 0) is 62.5 Å². The van der Waals surface area contributed by atoms with Crippen LogP contribution in [0.3, 0.4) is 0 Å². The van der Waals surface area contributed by atoms with Gasteiger partial charge in [-0.3, -0.25) is 14.9 Å². The summed E-state index contributed by atoms with van der Waals surface area (Å²) >= 11 is 0. The van der Waals surface area contributed by atoms with Crippen LogP contribution in [-0.2, 0) is 29.0 Å². The van der Waals surface area contributed by atoms with E-state index in [0.717, 1.165) is 35.5 Å². The molecule has 2 amide bonds. The molecule has 0 saturated carbocycles. The summed E-state index contributed by atoms with van der Waals surface area (Å²) in [7, 11) is 0. The van der Waals surface area contributed by atoms with Gasteiger partial charge in [0.05, 0.1) is 29.8 Å². The van der Waals surface area contributed by atoms with E-state index in [9.17, 15) is 9.59 Å². The quantitative estimate of drug-likeness (QED) is 0.571. The zero-order chi connectivity index (χ0) is 24.0. The normalized spacial score (nSPS) is 14.8. The number of rotatable bonds is 7. The molecule has 2 aromatic carbocycles. The zero-order valence-electron chi connectivity index (χ0n) is 19.4. The minimum absolute atomic E-state index is 0.0702. The van der Waals surface area contributed by atoms with Gasteiger partial charge in [0, 0.05) is 18.4 Å². The number of nitrogens with one attached hydrogen (secondary N) is 2. The maximum Gasteiger partial charge on any atom is 0.233 e. The fraction of sp³-hybridized carbons (Fsp3) is 0.333. The van der Waals surface area contributed by atoms with E-state index in [4.69, 9.17) is 5.26 Å². The minimum Gasteiger partial charge on any atom is -0.330 e. The molecule has 0 atom stereocenters. The molecule has 0 radical (unpaired) electrons. The minimum atomic E-state index is -0.600. The van der Waals surface area contributed by atoms with Crippen molar-refractivity contribution < 1.29 is 9.59 Å². The van der Waals surface area contributed by atoms with Crippen LogP contribution < -0.4 is 10.6 Å². The summed E-state index contributed by atoms with van der Waals surface area (Å²) < 4.78 is 1.89. The lowest BCUT2D eigenvalue weighted by Crippen LogP contribution is -2.50.